The number of likely N-dealkylation sites (tertiary alicyclic amines) is 1. The molecule has 0 bridgehead atoms. The van der Waals surface area contributed by atoms with Crippen LogP contribution in [0, 0.1) is 12.7 Å². The number of aliphatic hydroxyl groups is 1. The smallest absolute Gasteiger partial charge is 0.236 e. The lowest BCUT2D eigenvalue weighted by Gasteiger charge is -2.37. The number of nitrogens with zero attached hydrogens (tertiary/aromatic N) is 7. The molecule has 0 aliphatic carbocycles. The first kappa shape index (κ1) is 27.6. The summed E-state index contributed by atoms with van der Waals surface area (Å²) in [4.78, 5) is 30.9. The van der Waals surface area contributed by atoms with Crippen LogP contribution in [0.5, 0.6) is 0 Å². The number of pyridine rings is 1. The van der Waals surface area contributed by atoms with Crippen molar-refractivity contribution >= 4 is 39.5 Å². The lowest BCUT2D eigenvalue weighted by Crippen LogP contribution is -2.56. The Hall–Kier alpha value is -3.54. The second kappa shape index (κ2) is 11.4. The predicted molar refractivity (Wildman–Crippen MR) is 161 cm³/mol. The number of thiazole rings is 1. The minimum absolute atomic E-state index is 0.101. The number of imidazole rings is 1. The molecule has 1 N–H and O–H groups in total. The lowest BCUT2D eigenvalue weighted by atomic mass is 10.1. The molecule has 9 nitrogen and oxygen atoms in total. The summed E-state index contributed by atoms with van der Waals surface area (Å²) in [5.41, 5.74) is 5.88. The Labute approximate surface area is 243 Å². The maximum atomic E-state index is 13.4. The van der Waals surface area contributed by atoms with E-state index in [1.807, 2.05) is 12.4 Å². The third kappa shape index (κ3) is 5.53. The number of anilines is 3. The summed E-state index contributed by atoms with van der Waals surface area (Å²) in [6, 6.07) is 8.63. The Kier molecular flexibility index (Phi) is 7.67. The number of carbonyl (C=O) groups excluding carboxylic acids is 1. The minimum Gasteiger partial charge on any atom is -0.389 e. The summed E-state index contributed by atoms with van der Waals surface area (Å²) in [6.07, 6.45) is 3.56. The number of amides is 1. The normalized spacial score (nSPS) is 16.7. The highest BCUT2D eigenvalue weighted by atomic mass is 32.1. The number of carbonyl (C=O) groups is 1. The first-order valence-corrected chi connectivity index (χ1v) is 15.1. The van der Waals surface area contributed by atoms with Gasteiger partial charge in [-0.1, -0.05) is 6.92 Å². The van der Waals surface area contributed by atoms with Gasteiger partial charge in [0.15, 0.2) is 5.13 Å². The molecule has 0 spiro atoms. The molecule has 0 unspecified atom stereocenters. The van der Waals surface area contributed by atoms with Gasteiger partial charge in [-0.3, -0.25) is 14.1 Å². The molecule has 2 aliphatic rings. The average molecular weight is 578 g/mol. The van der Waals surface area contributed by atoms with Crippen molar-refractivity contribution in [2.24, 2.45) is 0 Å². The fourth-order valence-electron chi connectivity index (χ4n) is 5.69. The number of aryl methyl sites for hydroxylation is 2. The zero-order valence-corrected chi connectivity index (χ0v) is 24.6. The van der Waals surface area contributed by atoms with Crippen LogP contribution in [0.2, 0.25) is 0 Å². The molecule has 1 aromatic carbocycles. The Bertz CT molecular complexity index is 1550. The monoisotopic (exact) mass is 577 g/mol. The van der Waals surface area contributed by atoms with Crippen molar-refractivity contribution in [2.75, 3.05) is 62.7 Å². The van der Waals surface area contributed by atoms with Gasteiger partial charge in [-0.2, -0.15) is 0 Å². The molecule has 0 atom stereocenters. The summed E-state index contributed by atoms with van der Waals surface area (Å²) in [7, 11) is 2.02. The van der Waals surface area contributed by atoms with E-state index < -0.39 is 0 Å². The minimum atomic E-state index is -0.371. The van der Waals surface area contributed by atoms with Crippen LogP contribution >= 0.6 is 11.3 Å². The largest absolute Gasteiger partial charge is 0.389 e. The van der Waals surface area contributed by atoms with Crippen LogP contribution in [0.4, 0.5) is 21.0 Å². The third-order valence-corrected chi connectivity index (χ3v) is 8.95. The van der Waals surface area contributed by atoms with Crippen LogP contribution in [0.15, 0.2) is 41.9 Å². The number of aliphatic hydroxyl groups excluding tert-OH is 1. The summed E-state index contributed by atoms with van der Waals surface area (Å²) >= 11 is 1.55. The van der Waals surface area contributed by atoms with E-state index in [0.29, 0.717) is 19.6 Å². The molecule has 216 valence electrons. The topological polar surface area (TPSA) is 80.5 Å². The van der Waals surface area contributed by atoms with Crippen molar-refractivity contribution < 1.29 is 14.3 Å². The number of hydrogen-bond donors (Lipinski definition) is 1. The van der Waals surface area contributed by atoms with Crippen molar-refractivity contribution in [3.63, 3.8) is 0 Å². The van der Waals surface area contributed by atoms with Crippen LogP contribution < -0.4 is 9.80 Å². The molecule has 2 saturated heterocycles. The van der Waals surface area contributed by atoms with Gasteiger partial charge in [-0.05, 0) is 55.7 Å². The maximum Gasteiger partial charge on any atom is 0.236 e. The number of halogens is 1. The summed E-state index contributed by atoms with van der Waals surface area (Å²) in [6.45, 7) is 8.95. The molecular weight excluding hydrogens is 541 g/mol. The van der Waals surface area contributed by atoms with Gasteiger partial charge >= 0.3 is 0 Å². The molecule has 5 heterocycles. The summed E-state index contributed by atoms with van der Waals surface area (Å²) in [5.74, 6) is 0.832. The molecule has 0 saturated carbocycles. The molecular formula is C30H36FN7O2S. The van der Waals surface area contributed by atoms with E-state index in [0.717, 1.165) is 83.8 Å². The highest BCUT2D eigenvalue weighted by Gasteiger charge is 2.30. The Morgan fingerprint density at radius 1 is 1.15 bits per heavy atom. The molecule has 41 heavy (non-hydrogen) atoms. The van der Waals surface area contributed by atoms with E-state index in [4.69, 9.17) is 9.97 Å². The fraction of sp³-hybridized carbons (Fsp3) is 0.433. The molecule has 4 aromatic rings. The van der Waals surface area contributed by atoms with E-state index in [1.54, 1.807) is 28.4 Å². The first-order valence-electron chi connectivity index (χ1n) is 14.2. The van der Waals surface area contributed by atoms with Crippen LogP contribution in [-0.2, 0) is 11.2 Å². The number of fused-ring (bicyclic) bond motifs is 1. The maximum absolute atomic E-state index is 13.4. The molecule has 2 aliphatic heterocycles. The number of aromatic nitrogens is 3. The number of benzene rings is 1. The SMILES string of the molecule is CCc1nc2c(C)cc(N3CCCN(CC(=O)N4CC(O)C4)CC3)cn2c1N(C)c1nc(-c2ccc(F)cc2)cs1. The van der Waals surface area contributed by atoms with Crippen LogP contribution in [-0.4, -0.2) is 94.1 Å². The molecule has 11 heteroatoms. The lowest BCUT2D eigenvalue weighted by molar-refractivity contribution is -0.142. The van der Waals surface area contributed by atoms with Gasteiger partial charge in [0, 0.05) is 63.5 Å². The number of β-amino-alcohol motifs (C(OH)–C–C–N with tert-alkyl or cyclic N) is 1. The van der Waals surface area contributed by atoms with E-state index >= 15 is 0 Å². The van der Waals surface area contributed by atoms with Crippen molar-refractivity contribution in [1.29, 1.82) is 0 Å². The fourth-order valence-corrected chi connectivity index (χ4v) is 6.49. The van der Waals surface area contributed by atoms with E-state index in [9.17, 15) is 14.3 Å². The zero-order valence-electron chi connectivity index (χ0n) is 23.8. The standard InChI is InChI=1S/C30H36FN7O2S/c1-4-25-29(34(3)30-33-26(19-41-30)21-6-8-22(31)9-7-21)38-15-23(14-20(2)28(38)32-25)36-11-5-10-35(12-13-36)18-27(40)37-16-24(39)17-37/h6-9,14-15,19,24,39H,4-5,10-13,16-18H2,1-3H3. The van der Waals surface area contributed by atoms with Crippen molar-refractivity contribution in [1.82, 2.24) is 24.2 Å². The molecule has 1 amide bonds. The summed E-state index contributed by atoms with van der Waals surface area (Å²) in [5, 5.41) is 12.4. The predicted octanol–water partition coefficient (Wildman–Crippen LogP) is 3.95. The molecule has 2 fully saturated rings. The van der Waals surface area contributed by atoms with Gasteiger partial charge in [0.1, 0.15) is 17.3 Å². The van der Waals surface area contributed by atoms with E-state index in [1.165, 1.54) is 12.1 Å². The molecule has 6 rings (SSSR count). The number of hydrogen-bond acceptors (Lipinski definition) is 8. The van der Waals surface area contributed by atoms with Crippen LogP contribution in [0.3, 0.4) is 0 Å². The van der Waals surface area contributed by atoms with Crippen LogP contribution in [0.1, 0.15) is 24.6 Å². The summed E-state index contributed by atoms with van der Waals surface area (Å²) < 4.78 is 15.6. The zero-order chi connectivity index (χ0) is 28.7. The Morgan fingerprint density at radius 3 is 2.66 bits per heavy atom. The second-order valence-corrected chi connectivity index (χ2v) is 11.8. The Morgan fingerprint density at radius 2 is 1.93 bits per heavy atom. The second-order valence-electron chi connectivity index (χ2n) is 11.0. The van der Waals surface area contributed by atoms with E-state index in [-0.39, 0.29) is 17.8 Å². The van der Waals surface area contributed by atoms with E-state index in [2.05, 4.69) is 45.2 Å². The highest BCUT2D eigenvalue weighted by Crippen LogP contribution is 2.35. The number of rotatable bonds is 7. The third-order valence-electron chi connectivity index (χ3n) is 8.03. The van der Waals surface area contributed by atoms with Gasteiger partial charge in [0.25, 0.3) is 0 Å². The average Bonchev–Trinajstić information content (AvgIpc) is 3.51. The van der Waals surface area contributed by atoms with Gasteiger partial charge in [0.05, 0.1) is 29.7 Å². The highest BCUT2D eigenvalue weighted by molar-refractivity contribution is 7.14. The van der Waals surface area contributed by atoms with Crippen molar-refractivity contribution in [3.05, 3.63) is 59.0 Å². The van der Waals surface area contributed by atoms with Gasteiger partial charge in [0.2, 0.25) is 5.91 Å². The Balaban J connectivity index is 1.24. The first-order chi connectivity index (χ1) is 19.8. The molecule has 0 radical (unpaired) electrons. The van der Waals surface area contributed by atoms with Gasteiger partial charge in [-0.25, -0.2) is 14.4 Å². The van der Waals surface area contributed by atoms with Crippen LogP contribution in [0.25, 0.3) is 16.9 Å². The van der Waals surface area contributed by atoms with Crippen molar-refractivity contribution in [2.45, 2.75) is 32.8 Å². The van der Waals surface area contributed by atoms with Gasteiger partial charge < -0.3 is 19.8 Å². The van der Waals surface area contributed by atoms with Crippen molar-refractivity contribution in [3.8, 4) is 11.3 Å². The quantitative estimate of drug-likeness (QED) is 0.356. The van der Waals surface area contributed by atoms with Gasteiger partial charge in [-0.15, -0.1) is 11.3 Å². The molecule has 3 aromatic heterocycles.